The first kappa shape index (κ1) is 25.0. The molecule has 0 radical (unpaired) electrons. The first-order chi connectivity index (χ1) is 16.2. The lowest BCUT2D eigenvalue weighted by molar-refractivity contribution is -0.141. The zero-order valence-electron chi connectivity index (χ0n) is 19.7. The van der Waals surface area contributed by atoms with E-state index in [1.165, 1.54) is 22.5 Å². The van der Waals surface area contributed by atoms with Crippen LogP contribution >= 0.6 is 0 Å². The lowest BCUT2D eigenvalue weighted by atomic mass is 9.80. The quantitative estimate of drug-likeness (QED) is 0.488. The number of aromatic nitrogens is 1. The van der Waals surface area contributed by atoms with Crippen molar-refractivity contribution in [2.24, 2.45) is 0 Å². The van der Waals surface area contributed by atoms with Crippen LogP contribution in [0.2, 0.25) is 0 Å². The van der Waals surface area contributed by atoms with Gasteiger partial charge in [-0.15, -0.1) is 0 Å². The highest BCUT2D eigenvalue weighted by molar-refractivity contribution is 7.92. The largest absolute Gasteiger partial charge is 0.433 e. The molecule has 2 N–H and O–H groups in total. The number of aliphatic hydroxyl groups is 1. The molecule has 0 spiro atoms. The van der Waals surface area contributed by atoms with Crippen LogP contribution in [0.4, 0.5) is 30.4 Å². The lowest BCUT2D eigenvalue weighted by Gasteiger charge is -2.31. The molecular formula is C25H26F3N3O3S. The molecule has 35 heavy (non-hydrogen) atoms. The molecule has 1 atom stereocenters. The van der Waals surface area contributed by atoms with Crippen molar-refractivity contribution >= 4 is 27.2 Å². The molecule has 1 aliphatic heterocycles. The van der Waals surface area contributed by atoms with Gasteiger partial charge in [0.15, 0.2) is 0 Å². The molecule has 0 fully saturated rings. The van der Waals surface area contributed by atoms with Gasteiger partial charge in [-0.3, -0.25) is 4.31 Å². The number of aliphatic hydroxyl groups excluding tert-OH is 1. The zero-order chi connectivity index (χ0) is 25.8. The Hall–Kier alpha value is -3.11. The van der Waals surface area contributed by atoms with Gasteiger partial charge < -0.3 is 10.4 Å². The topological polar surface area (TPSA) is 82.5 Å². The minimum absolute atomic E-state index is 0.0533. The summed E-state index contributed by atoms with van der Waals surface area (Å²) in [5, 5.41) is 13.2. The van der Waals surface area contributed by atoms with Gasteiger partial charge in [-0.25, -0.2) is 13.4 Å². The summed E-state index contributed by atoms with van der Waals surface area (Å²) in [6.45, 7) is 6.91. The second-order valence-corrected chi connectivity index (χ2v) is 11.1. The summed E-state index contributed by atoms with van der Waals surface area (Å²) in [6.07, 6.45) is -5.39. The number of halogens is 3. The fourth-order valence-corrected chi connectivity index (χ4v) is 5.24. The normalized spacial score (nSPS) is 15.0. The first-order valence-electron chi connectivity index (χ1n) is 11.0. The fraction of sp³-hybridized carbons (Fsp3) is 0.320. The maximum absolute atomic E-state index is 13.8. The number of nitrogens with one attached hydrogen (secondary N) is 1. The molecule has 0 bridgehead atoms. The predicted octanol–water partition coefficient (Wildman–Crippen LogP) is 5.52. The molecule has 1 aliphatic rings. The third-order valence-electron chi connectivity index (χ3n) is 6.50. The molecule has 3 aromatic rings. The Morgan fingerprint density at radius 3 is 2.31 bits per heavy atom. The molecule has 6 nitrogen and oxygen atoms in total. The molecule has 2 heterocycles. The summed E-state index contributed by atoms with van der Waals surface area (Å²) in [4.78, 5) is 3.80. The number of nitrogens with zero attached hydrogens (tertiary/aromatic N) is 2. The van der Waals surface area contributed by atoms with Crippen LogP contribution < -0.4 is 9.62 Å². The van der Waals surface area contributed by atoms with E-state index in [9.17, 15) is 26.7 Å². The van der Waals surface area contributed by atoms with Crippen molar-refractivity contribution in [2.75, 3.05) is 9.62 Å². The maximum Gasteiger partial charge on any atom is 0.433 e. The summed E-state index contributed by atoms with van der Waals surface area (Å²) in [7, 11) is -4.10. The number of fused-ring (bicyclic) bond motifs is 2. The molecule has 186 valence electrons. The standard InChI is InChI=1S/C25H26F3N3O3S/c1-15-5-9-19(10-6-15)35(33,34)31-14-17-7-12-22(25(26,27)28)30-23(17)29-20-11-8-18(13-21(20)31)24(3,4)16(2)32/h5-13,16,32H,14H2,1-4H3,(H,29,30). The van der Waals surface area contributed by atoms with Crippen LogP contribution in [0.25, 0.3) is 0 Å². The van der Waals surface area contributed by atoms with Crippen molar-refractivity contribution in [1.82, 2.24) is 4.98 Å². The smallest absolute Gasteiger partial charge is 0.393 e. The van der Waals surface area contributed by atoms with Crippen LogP contribution in [-0.4, -0.2) is 24.6 Å². The van der Waals surface area contributed by atoms with E-state index in [4.69, 9.17) is 0 Å². The van der Waals surface area contributed by atoms with E-state index in [1.807, 2.05) is 20.8 Å². The van der Waals surface area contributed by atoms with E-state index in [0.717, 1.165) is 11.6 Å². The van der Waals surface area contributed by atoms with Crippen LogP contribution in [0.3, 0.4) is 0 Å². The Balaban J connectivity index is 1.93. The first-order valence-corrected chi connectivity index (χ1v) is 12.4. The Morgan fingerprint density at radius 1 is 1.06 bits per heavy atom. The van der Waals surface area contributed by atoms with Crippen molar-refractivity contribution < 1.29 is 26.7 Å². The van der Waals surface area contributed by atoms with Gasteiger partial charge in [-0.2, -0.15) is 13.2 Å². The average Bonchev–Trinajstić information content (AvgIpc) is 2.94. The summed E-state index contributed by atoms with van der Waals surface area (Å²) >= 11 is 0. The highest BCUT2D eigenvalue weighted by Crippen LogP contribution is 2.42. The van der Waals surface area contributed by atoms with Crippen molar-refractivity contribution in [3.05, 3.63) is 77.0 Å². The molecule has 4 rings (SSSR count). The van der Waals surface area contributed by atoms with Crippen LogP contribution in [0, 0.1) is 6.92 Å². The highest BCUT2D eigenvalue weighted by atomic mass is 32.2. The lowest BCUT2D eigenvalue weighted by Crippen LogP contribution is -2.33. The number of benzene rings is 2. The molecular weight excluding hydrogens is 479 g/mol. The summed E-state index contributed by atoms with van der Waals surface area (Å²) in [6, 6.07) is 13.4. The van der Waals surface area contributed by atoms with Gasteiger partial charge in [-0.05, 0) is 49.7 Å². The fourth-order valence-electron chi connectivity index (χ4n) is 3.79. The summed E-state index contributed by atoms with van der Waals surface area (Å²) in [5.74, 6) is -0.0646. The van der Waals surface area contributed by atoms with Gasteiger partial charge >= 0.3 is 6.18 Å². The van der Waals surface area contributed by atoms with Gasteiger partial charge in [0.25, 0.3) is 10.0 Å². The number of alkyl halides is 3. The van der Waals surface area contributed by atoms with E-state index >= 15 is 0 Å². The summed E-state index contributed by atoms with van der Waals surface area (Å²) in [5.41, 5.74) is 0.604. The van der Waals surface area contributed by atoms with E-state index in [-0.39, 0.29) is 28.6 Å². The van der Waals surface area contributed by atoms with E-state index in [1.54, 1.807) is 37.3 Å². The van der Waals surface area contributed by atoms with Crippen LogP contribution in [-0.2, 0) is 28.2 Å². The number of hydrogen-bond donors (Lipinski definition) is 2. The van der Waals surface area contributed by atoms with Gasteiger partial charge in [0.2, 0.25) is 0 Å². The van der Waals surface area contributed by atoms with Crippen LogP contribution in [0.1, 0.15) is 43.2 Å². The number of anilines is 3. The molecule has 1 unspecified atom stereocenters. The predicted molar refractivity (Wildman–Crippen MR) is 128 cm³/mol. The Kier molecular flexibility index (Phi) is 6.09. The SMILES string of the molecule is Cc1ccc(S(=O)(=O)N2Cc3ccc(C(F)(F)F)nc3Nc3ccc(C(C)(C)C(C)O)cc32)cc1. The average molecular weight is 506 g/mol. The molecule has 2 aromatic carbocycles. The van der Waals surface area contributed by atoms with Crippen molar-refractivity contribution in [3.63, 3.8) is 0 Å². The van der Waals surface area contributed by atoms with Gasteiger partial charge in [-0.1, -0.05) is 43.7 Å². The Morgan fingerprint density at radius 2 is 1.71 bits per heavy atom. The molecule has 0 saturated heterocycles. The second-order valence-electron chi connectivity index (χ2n) is 9.28. The zero-order valence-corrected chi connectivity index (χ0v) is 20.5. The van der Waals surface area contributed by atoms with E-state index < -0.39 is 33.4 Å². The number of hydrogen-bond acceptors (Lipinski definition) is 5. The van der Waals surface area contributed by atoms with E-state index in [2.05, 4.69) is 10.3 Å². The highest BCUT2D eigenvalue weighted by Gasteiger charge is 2.36. The maximum atomic E-state index is 13.8. The van der Waals surface area contributed by atoms with Gasteiger partial charge in [0, 0.05) is 11.0 Å². The van der Waals surface area contributed by atoms with Crippen molar-refractivity contribution in [3.8, 4) is 0 Å². The van der Waals surface area contributed by atoms with Crippen molar-refractivity contribution in [2.45, 2.75) is 56.8 Å². The van der Waals surface area contributed by atoms with Gasteiger partial charge in [0.05, 0.1) is 28.9 Å². The van der Waals surface area contributed by atoms with Crippen LogP contribution in [0.5, 0.6) is 0 Å². The third-order valence-corrected chi connectivity index (χ3v) is 8.27. The van der Waals surface area contributed by atoms with Crippen LogP contribution in [0.15, 0.2) is 59.5 Å². The number of sulfonamides is 1. The number of pyridine rings is 1. The molecule has 1 aromatic heterocycles. The molecule has 10 heteroatoms. The number of rotatable bonds is 4. The molecule has 0 amide bonds. The Bertz CT molecular complexity index is 1370. The summed E-state index contributed by atoms with van der Waals surface area (Å²) < 4.78 is 68.7. The Labute approximate surface area is 202 Å². The number of aryl methyl sites for hydroxylation is 1. The molecule has 0 saturated carbocycles. The minimum atomic E-state index is -4.65. The second kappa shape index (κ2) is 8.53. The van der Waals surface area contributed by atoms with Crippen molar-refractivity contribution in [1.29, 1.82) is 0 Å². The minimum Gasteiger partial charge on any atom is -0.393 e. The van der Waals surface area contributed by atoms with Gasteiger partial charge in [0.1, 0.15) is 11.5 Å². The third kappa shape index (κ3) is 4.60. The van der Waals surface area contributed by atoms with E-state index in [0.29, 0.717) is 11.1 Å². The molecule has 0 aliphatic carbocycles. The monoisotopic (exact) mass is 505 g/mol.